The maximum Gasteiger partial charge on any atom is 0.307 e. The van der Waals surface area contributed by atoms with Crippen LogP contribution in [0.3, 0.4) is 0 Å². The van der Waals surface area contributed by atoms with Crippen molar-refractivity contribution in [2.45, 2.75) is 39.0 Å². The highest BCUT2D eigenvalue weighted by Gasteiger charge is 2.34. The topological polar surface area (TPSA) is 92.4 Å². The molecule has 0 saturated heterocycles. The van der Waals surface area contributed by atoms with E-state index in [0.717, 1.165) is 0 Å². The van der Waals surface area contributed by atoms with Crippen LogP contribution < -0.4 is 5.32 Å². The van der Waals surface area contributed by atoms with Gasteiger partial charge in [-0.05, 0) is 31.0 Å². The lowest BCUT2D eigenvalue weighted by Crippen LogP contribution is -2.34. The van der Waals surface area contributed by atoms with Crippen molar-refractivity contribution in [2.75, 3.05) is 5.32 Å². The Morgan fingerprint density at radius 3 is 2.52 bits per heavy atom. The van der Waals surface area contributed by atoms with E-state index in [1.807, 2.05) is 32.9 Å². The van der Waals surface area contributed by atoms with Gasteiger partial charge in [-0.25, -0.2) is 4.98 Å². The molecule has 1 aliphatic rings. The lowest BCUT2D eigenvalue weighted by molar-refractivity contribution is -0.146. The fraction of sp³-hybridized carbons (Fsp3) is 0.421. The number of amides is 1. The first-order valence-electron chi connectivity index (χ1n) is 8.35. The molecule has 132 valence electrons. The molecule has 3 rings (SSSR count). The fourth-order valence-electron chi connectivity index (χ4n) is 2.94. The van der Waals surface area contributed by atoms with Gasteiger partial charge in [-0.1, -0.05) is 32.9 Å². The molecule has 1 heterocycles. The van der Waals surface area contributed by atoms with Gasteiger partial charge < -0.3 is 14.8 Å². The number of nitrogens with zero attached hydrogens (tertiary/aromatic N) is 1. The lowest BCUT2D eigenvalue weighted by Gasteiger charge is -2.24. The first-order valence-corrected chi connectivity index (χ1v) is 8.35. The Labute approximate surface area is 145 Å². The summed E-state index contributed by atoms with van der Waals surface area (Å²) in [6.45, 7) is 6.05. The summed E-state index contributed by atoms with van der Waals surface area (Å²) in [6, 6.07) is 5.26. The molecule has 6 heteroatoms. The van der Waals surface area contributed by atoms with E-state index in [1.54, 1.807) is 18.2 Å². The molecule has 6 nitrogen and oxygen atoms in total. The van der Waals surface area contributed by atoms with Gasteiger partial charge >= 0.3 is 5.97 Å². The summed E-state index contributed by atoms with van der Waals surface area (Å²) in [5.74, 6) is -1.84. The Hall–Kier alpha value is -2.63. The van der Waals surface area contributed by atoms with Crippen molar-refractivity contribution < 1.29 is 19.1 Å². The minimum atomic E-state index is -0.939. The van der Waals surface area contributed by atoms with Crippen LogP contribution in [0.5, 0.6) is 0 Å². The van der Waals surface area contributed by atoms with Gasteiger partial charge in [-0.3, -0.25) is 9.59 Å². The summed E-state index contributed by atoms with van der Waals surface area (Å²) in [7, 11) is 0. The number of hydrogen-bond acceptors (Lipinski definition) is 4. The summed E-state index contributed by atoms with van der Waals surface area (Å²) in [4.78, 5) is 28.4. The van der Waals surface area contributed by atoms with Crippen molar-refractivity contribution in [1.82, 2.24) is 4.98 Å². The number of carbonyl (C=O) groups is 2. The Morgan fingerprint density at radius 1 is 1.20 bits per heavy atom. The Balaban J connectivity index is 1.81. The van der Waals surface area contributed by atoms with Gasteiger partial charge in [-0.2, -0.15) is 0 Å². The summed E-state index contributed by atoms with van der Waals surface area (Å²) >= 11 is 0. The SMILES string of the molecule is CC(C)(C)c1nc2cc(NC(=O)C3CC=CCC3C(=O)O)ccc2o1. The van der Waals surface area contributed by atoms with Crippen LogP contribution in [-0.4, -0.2) is 22.0 Å². The van der Waals surface area contributed by atoms with Gasteiger partial charge in [0.2, 0.25) is 11.8 Å². The van der Waals surface area contributed by atoms with E-state index >= 15 is 0 Å². The number of anilines is 1. The second-order valence-corrected chi connectivity index (χ2v) is 7.43. The number of fused-ring (bicyclic) bond motifs is 1. The second-order valence-electron chi connectivity index (χ2n) is 7.43. The molecule has 2 unspecified atom stereocenters. The predicted octanol–water partition coefficient (Wildman–Crippen LogP) is 3.73. The van der Waals surface area contributed by atoms with Crippen molar-refractivity contribution in [3.05, 3.63) is 36.2 Å². The summed E-state index contributed by atoms with van der Waals surface area (Å²) in [5.41, 5.74) is 1.71. The monoisotopic (exact) mass is 342 g/mol. The summed E-state index contributed by atoms with van der Waals surface area (Å²) in [5, 5.41) is 12.1. The van der Waals surface area contributed by atoms with E-state index in [2.05, 4.69) is 10.3 Å². The van der Waals surface area contributed by atoms with Crippen LogP contribution in [0, 0.1) is 11.8 Å². The summed E-state index contributed by atoms with van der Waals surface area (Å²) in [6.07, 6.45) is 4.49. The minimum absolute atomic E-state index is 0.203. The van der Waals surface area contributed by atoms with E-state index in [1.165, 1.54) is 0 Å². The van der Waals surface area contributed by atoms with E-state index in [4.69, 9.17) is 4.42 Å². The average molecular weight is 342 g/mol. The number of hydrogen-bond donors (Lipinski definition) is 2. The largest absolute Gasteiger partial charge is 0.481 e. The lowest BCUT2D eigenvalue weighted by atomic mass is 9.82. The quantitative estimate of drug-likeness (QED) is 0.829. The Kier molecular flexibility index (Phi) is 4.37. The van der Waals surface area contributed by atoms with E-state index < -0.39 is 17.8 Å². The molecule has 0 aliphatic heterocycles. The molecule has 1 aliphatic carbocycles. The summed E-state index contributed by atoms with van der Waals surface area (Å²) < 4.78 is 5.75. The third-order valence-corrected chi connectivity index (χ3v) is 4.38. The van der Waals surface area contributed by atoms with Crippen LogP contribution in [-0.2, 0) is 15.0 Å². The molecule has 2 N–H and O–H groups in total. The van der Waals surface area contributed by atoms with Gasteiger partial charge in [0.15, 0.2) is 5.58 Å². The number of allylic oxidation sites excluding steroid dienone is 2. The number of aromatic nitrogens is 1. The smallest absolute Gasteiger partial charge is 0.307 e. The van der Waals surface area contributed by atoms with Crippen molar-refractivity contribution in [2.24, 2.45) is 11.8 Å². The molecule has 0 fully saturated rings. The standard InChI is InChI=1S/C19H22N2O4/c1-19(2,3)18-21-14-10-11(8-9-15(14)25-18)20-16(22)12-6-4-5-7-13(12)17(23)24/h4-5,8-10,12-13H,6-7H2,1-3H3,(H,20,22)(H,23,24). The maximum absolute atomic E-state index is 12.5. The zero-order valence-corrected chi connectivity index (χ0v) is 14.6. The van der Waals surface area contributed by atoms with E-state index in [9.17, 15) is 14.7 Å². The van der Waals surface area contributed by atoms with Crippen LogP contribution in [0.25, 0.3) is 11.1 Å². The zero-order chi connectivity index (χ0) is 18.2. The van der Waals surface area contributed by atoms with Crippen molar-refractivity contribution in [1.29, 1.82) is 0 Å². The normalized spacial score (nSPS) is 20.6. The van der Waals surface area contributed by atoms with Crippen LogP contribution in [0.1, 0.15) is 39.5 Å². The number of aliphatic carboxylic acids is 1. The molecule has 1 aromatic heterocycles. The molecule has 0 spiro atoms. The maximum atomic E-state index is 12.5. The number of oxazole rings is 1. The van der Waals surface area contributed by atoms with Gasteiger partial charge in [0, 0.05) is 11.1 Å². The van der Waals surface area contributed by atoms with Crippen molar-refractivity contribution in [3.63, 3.8) is 0 Å². The number of carboxylic acid groups (broad SMARTS) is 1. The Bertz CT molecular complexity index is 845. The number of benzene rings is 1. The molecule has 0 bridgehead atoms. The molecule has 1 aromatic carbocycles. The molecular weight excluding hydrogens is 320 g/mol. The first kappa shape index (κ1) is 17.2. The molecule has 0 saturated carbocycles. The highest BCUT2D eigenvalue weighted by Crippen LogP contribution is 2.29. The van der Waals surface area contributed by atoms with Crippen molar-refractivity contribution in [3.8, 4) is 0 Å². The predicted molar refractivity (Wildman–Crippen MR) is 94.3 cm³/mol. The molecule has 2 atom stereocenters. The fourth-order valence-corrected chi connectivity index (χ4v) is 2.94. The van der Waals surface area contributed by atoms with E-state index in [0.29, 0.717) is 35.5 Å². The third-order valence-electron chi connectivity index (χ3n) is 4.38. The number of rotatable bonds is 3. The van der Waals surface area contributed by atoms with Crippen LogP contribution in [0.4, 0.5) is 5.69 Å². The van der Waals surface area contributed by atoms with E-state index in [-0.39, 0.29) is 11.3 Å². The van der Waals surface area contributed by atoms with Gasteiger partial charge in [0.25, 0.3) is 0 Å². The van der Waals surface area contributed by atoms with Crippen molar-refractivity contribution >= 4 is 28.7 Å². The van der Waals surface area contributed by atoms with Gasteiger partial charge in [0.05, 0.1) is 11.8 Å². The first-order chi connectivity index (χ1) is 11.8. The minimum Gasteiger partial charge on any atom is -0.481 e. The molecule has 0 radical (unpaired) electrons. The van der Waals surface area contributed by atoms with Crippen LogP contribution >= 0.6 is 0 Å². The van der Waals surface area contributed by atoms with Gasteiger partial charge in [0.1, 0.15) is 5.52 Å². The van der Waals surface area contributed by atoms with Gasteiger partial charge in [-0.15, -0.1) is 0 Å². The highest BCUT2D eigenvalue weighted by molar-refractivity contribution is 5.96. The molecule has 2 aromatic rings. The van der Waals surface area contributed by atoms with Crippen LogP contribution in [0.2, 0.25) is 0 Å². The zero-order valence-electron chi connectivity index (χ0n) is 14.6. The number of carbonyl (C=O) groups excluding carboxylic acids is 1. The number of carboxylic acids is 1. The third kappa shape index (κ3) is 3.57. The molecular formula is C19H22N2O4. The molecule has 25 heavy (non-hydrogen) atoms. The second kappa shape index (κ2) is 6.35. The highest BCUT2D eigenvalue weighted by atomic mass is 16.4. The number of nitrogens with one attached hydrogen (secondary N) is 1. The molecule has 1 amide bonds. The Morgan fingerprint density at radius 2 is 1.88 bits per heavy atom. The van der Waals surface area contributed by atoms with Crippen LogP contribution in [0.15, 0.2) is 34.8 Å². The average Bonchev–Trinajstić information content (AvgIpc) is 2.98.